The summed E-state index contributed by atoms with van der Waals surface area (Å²) >= 11 is 0. The molecule has 2 aromatic carbocycles. The van der Waals surface area contributed by atoms with Crippen LogP contribution in [0.2, 0.25) is 0 Å². The molecule has 1 aliphatic heterocycles. The molecule has 2 aromatic heterocycles. The first-order valence-electron chi connectivity index (χ1n) is 11.8. The van der Waals surface area contributed by atoms with E-state index >= 15 is 0 Å². The Hall–Kier alpha value is -4.18. The van der Waals surface area contributed by atoms with Gasteiger partial charge in [-0.1, -0.05) is 30.3 Å². The van der Waals surface area contributed by atoms with Crippen molar-refractivity contribution < 1.29 is 18.3 Å². The van der Waals surface area contributed by atoms with E-state index in [1.54, 1.807) is 13.2 Å². The van der Waals surface area contributed by atoms with Crippen LogP contribution in [0.4, 0.5) is 5.88 Å². The predicted molar refractivity (Wildman–Crippen MR) is 131 cm³/mol. The number of hydrogen-bond acceptors (Lipinski definition) is 7. The number of nitriles is 1. The summed E-state index contributed by atoms with van der Waals surface area (Å²) in [6.45, 7) is 1.93. The Morgan fingerprint density at radius 3 is 2.43 bits per heavy atom. The van der Waals surface area contributed by atoms with E-state index < -0.39 is 0 Å². The van der Waals surface area contributed by atoms with Crippen LogP contribution in [0.5, 0.6) is 11.5 Å². The van der Waals surface area contributed by atoms with Gasteiger partial charge in [0.1, 0.15) is 29.9 Å². The van der Waals surface area contributed by atoms with E-state index in [2.05, 4.69) is 40.2 Å². The van der Waals surface area contributed by atoms with E-state index in [1.165, 1.54) is 5.56 Å². The number of benzene rings is 2. The lowest BCUT2D eigenvalue weighted by Gasteiger charge is -2.31. The molecular formula is C28H27N3O4. The van der Waals surface area contributed by atoms with Crippen molar-refractivity contribution in [2.75, 3.05) is 25.1 Å². The maximum absolute atomic E-state index is 9.65. The van der Waals surface area contributed by atoms with Crippen LogP contribution in [0.1, 0.15) is 29.9 Å². The molecule has 35 heavy (non-hydrogen) atoms. The number of ether oxygens (including phenoxy) is 2. The van der Waals surface area contributed by atoms with Gasteiger partial charge in [-0.05, 0) is 67.1 Å². The Morgan fingerprint density at radius 1 is 0.971 bits per heavy atom. The van der Waals surface area contributed by atoms with E-state index in [0.29, 0.717) is 35.0 Å². The molecule has 0 aliphatic carbocycles. The fraction of sp³-hybridized carbons (Fsp3) is 0.286. The smallest absolute Gasteiger partial charge is 0.266 e. The molecule has 7 nitrogen and oxygen atoms in total. The van der Waals surface area contributed by atoms with Crippen molar-refractivity contribution in [3.05, 3.63) is 83.7 Å². The predicted octanol–water partition coefficient (Wildman–Crippen LogP) is 5.85. The van der Waals surface area contributed by atoms with E-state index in [0.717, 1.165) is 38.1 Å². The molecule has 5 rings (SSSR count). The second-order valence-electron chi connectivity index (χ2n) is 8.63. The number of rotatable bonds is 8. The molecule has 3 heterocycles. The number of nitrogens with zero attached hydrogens (tertiary/aromatic N) is 3. The third kappa shape index (κ3) is 5.33. The summed E-state index contributed by atoms with van der Waals surface area (Å²) < 4.78 is 22.9. The van der Waals surface area contributed by atoms with Crippen LogP contribution < -0.4 is 14.4 Å². The maximum atomic E-state index is 9.65. The number of anilines is 1. The molecular weight excluding hydrogens is 442 g/mol. The number of hydrogen-bond donors (Lipinski definition) is 0. The van der Waals surface area contributed by atoms with Gasteiger partial charge in [-0.25, -0.2) is 0 Å². The van der Waals surface area contributed by atoms with Crippen molar-refractivity contribution in [3.8, 4) is 29.2 Å². The summed E-state index contributed by atoms with van der Waals surface area (Å²) in [5, 5.41) is 9.65. The van der Waals surface area contributed by atoms with Crippen molar-refractivity contribution in [3.63, 3.8) is 0 Å². The Labute approximate surface area is 204 Å². The number of piperidine rings is 1. The topological polar surface area (TPSA) is 84.7 Å². The summed E-state index contributed by atoms with van der Waals surface area (Å²) in [7, 11) is 1.63. The van der Waals surface area contributed by atoms with Crippen LogP contribution in [0, 0.1) is 17.2 Å². The standard InChI is InChI=1S/C28H27N3O4/c1-32-22-7-9-23(10-8-22)33-19-24-11-12-26(34-24)27-30-25(18-29)28(35-27)31-15-13-21(14-16-31)17-20-5-3-2-4-6-20/h2-12,21H,13-17,19H2,1H3. The fourth-order valence-electron chi connectivity index (χ4n) is 4.39. The van der Waals surface area contributed by atoms with E-state index in [4.69, 9.17) is 18.3 Å². The molecule has 4 aromatic rings. The zero-order valence-corrected chi connectivity index (χ0v) is 19.6. The molecule has 178 valence electrons. The van der Waals surface area contributed by atoms with Crippen LogP contribution in [0.25, 0.3) is 11.7 Å². The van der Waals surface area contributed by atoms with Gasteiger partial charge in [0.15, 0.2) is 5.76 Å². The highest BCUT2D eigenvalue weighted by Crippen LogP contribution is 2.33. The number of oxazole rings is 1. The summed E-state index contributed by atoms with van der Waals surface area (Å²) in [6, 6.07) is 23.7. The molecule has 0 N–H and O–H groups in total. The minimum absolute atomic E-state index is 0.264. The molecule has 1 aliphatic rings. The van der Waals surface area contributed by atoms with Crippen LogP contribution in [-0.4, -0.2) is 25.2 Å². The van der Waals surface area contributed by atoms with Gasteiger partial charge in [-0.2, -0.15) is 10.2 Å². The SMILES string of the molecule is COc1ccc(OCc2ccc(-c3nc(C#N)c(N4CCC(Cc5ccccc5)CC4)o3)o2)cc1. The minimum atomic E-state index is 0.264. The molecule has 0 spiro atoms. The largest absolute Gasteiger partial charge is 0.497 e. The van der Waals surface area contributed by atoms with E-state index in [-0.39, 0.29) is 12.3 Å². The van der Waals surface area contributed by atoms with Crippen molar-refractivity contribution in [1.82, 2.24) is 4.98 Å². The highest BCUT2D eigenvalue weighted by atomic mass is 16.5. The van der Waals surface area contributed by atoms with Gasteiger partial charge >= 0.3 is 0 Å². The van der Waals surface area contributed by atoms with Crippen molar-refractivity contribution in [2.24, 2.45) is 5.92 Å². The monoisotopic (exact) mass is 469 g/mol. The third-order valence-electron chi connectivity index (χ3n) is 6.30. The molecule has 7 heteroatoms. The van der Waals surface area contributed by atoms with E-state index in [9.17, 15) is 5.26 Å². The molecule has 0 radical (unpaired) electrons. The number of furan rings is 1. The van der Waals surface area contributed by atoms with Gasteiger partial charge in [-0.3, -0.25) is 0 Å². The van der Waals surface area contributed by atoms with Crippen LogP contribution in [-0.2, 0) is 13.0 Å². The van der Waals surface area contributed by atoms with Crippen LogP contribution in [0.15, 0.2) is 75.6 Å². The molecule has 0 bridgehead atoms. The Kier molecular flexibility index (Phi) is 6.71. The Balaban J connectivity index is 1.21. The van der Waals surface area contributed by atoms with Gasteiger partial charge in [-0.15, -0.1) is 0 Å². The lowest BCUT2D eigenvalue weighted by molar-refractivity contribution is 0.270. The summed E-state index contributed by atoms with van der Waals surface area (Å²) in [4.78, 5) is 6.51. The van der Waals surface area contributed by atoms with Gasteiger partial charge < -0.3 is 23.2 Å². The second-order valence-corrected chi connectivity index (χ2v) is 8.63. The highest BCUT2D eigenvalue weighted by molar-refractivity contribution is 5.56. The van der Waals surface area contributed by atoms with Crippen LogP contribution in [0.3, 0.4) is 0 Å². The normalized spacial score (nSPS) is 14.0. The quantitative estimate of drug-likeness (QED) is 0.320. The zero-order valence-electron chi connectivity index (χ0n) is 19.6. The molecule has 0 unspecified atom stereocenters. The molecule has 1 saturated heterocycles. The van der Waals surface area contributed by atoms with Crippen molar-refractivity contribution in [1.29, 1.82) is 5.26 Å². The van der Waals surface area contributed by atoms with Gasteiger partial charge in [0.2, 0.25) is 11.6 Å². The van der Waals surface area contributed by atoms with Gasteiger partial charge in [0.25, 0.3) is 5.89 Å². The van der Waals surface area contributed by atoms with E-state index in [1.807, 2.05) is 36.4 Å². The average molecular weight is 470 g/mol. The third-order valence-corrected chi connectivity index (χ3v) is 6.30. The Morgan fingerprint density at radius 2 is 1.71 bits per heavy atom. The lowest BCUT2D eigenvalue weighted by atomic mass is 9.90. The summed E-state index contributed by atoms with van der Waals surface area (Å²) in [5.41, 5.74) is 1.66. The molecule has 1 fully saturated rings. The first kappa shape index (κ1) is 22.6. The number of aromatic nitrogens is 1. The fourth-order valence-corrected chi connectivity index (χ4v) is 4.39. The Bertz CT molecular complexity index is 1280. The van der Waals surface area contributed by atoms with Gasteiger partial charge in [0, 0.05) is 13.1 Å². The molecule has 0 saturated carbocycles. The maximum Gasteiger partial charge on any atom is 0.266 e. The summed E-state index contributed by atoms with van der Waals surface area (Å²) in [6.07, 6.45) is 3.17. The highest BCUT2D eigenvalue weighted by Gasteiger charge is 2.26. The van der Waals surface area contributed by atoms with Crippen molar-refractivity contribution >= 4 is 5.88 Å². The second kappa shape index (κ2) is 10.4. The minimum Gasteiger partial charge on any atom is -0.497 e. The first-order valence-corrected chi connectivity index (χ1v) is 11.8. The molecule has 0 amide bonds. The van der Waals surface area contributed by atoms with Crippen molar-refractivity contribution in [2.45, 2.75) is 25.9 Å². The molecule has 0 atom stereocenters. The summed E-state index contributed by atoms with van der Waals surface area (Å²) in [5.74, 6) is 4.04. The lowest BCUT2D eigenvalue weighted by Crippen LogP contribution is -2.34. The average Bonchev–Trinajstić information content (AvgIpc) is 3.56. The first-order chi connectivity index (χ1) is 17.2. The number of methoxy groups -OCH3 is 1. The van der Waals surface area contributed by atoms with Gasteiger partial charge in [0.05, 0.1) is 7.11 Å². The zero-order chi connectivity index (χ0) is 24.0. The van der Waals surface area contributed by atoms with Crippen LogP contribution >= 0.6 is 0 Å².